The Morgan fingerprint density at radius 2 is 1.78 bits per heavy atom. The van der Waals surface area contributed by atoms with Gasteiger partial charge in [0.1, 0.15) is 5.75 Å². The van der Waals surface area contributed by atoms with Crippen LogP contribution in [0.5, 0.6) is 5.75 Å². The average Bonchev–Trinajstić information content (AvgIpc) is 2.55. The fourth-order valence-corrected chi connectivity index (χ4v) is 3.34. The van der Waals surface area contributed by atoms with Crippen LogP contribution in [0.4, 0.5) is 0 Å². The molecule has 23 heavy (non-hydrogen) atoms. The van der Waals surface area contributed by atoms with Gasteiger partial charge in [0, 0.05) is 17.5 Å². The summed E-state index contributed by atoms with van der Waals surface area (Å²) in [5.74, 6) is 1.00. The van der Waals surface area contributed by atoms with Crippen molar-refractivity contribution < 1.29 is 9.53 Å². The lowest BCUT2D eigenvalue weighted by Gasteiger charge is -2.43. The van der Waals surface area contributed by atoms with Crippen molar-refractivity contribution in [3.63, 3.8) is 0 Å². The molecule has 0 saturated heterocycles. The van der Waals surface area contributed by atoms with Gasteiger partial charge < -0.3 is 10.1 Å². The zero-order valence-electron chi connectivity index (χ0n) is 13.5. The van der Waals surface area contributed by atoms with Crippen LogP contribution in [0.2, 0.25) is 0 Å². The minimum atomic E-state index is 0.0267. The smallest absolute Gasteiger partial charge is 0.224 e. The summed E-state index contributed by atoms with van der Waals surface area (Å²) in [7, 11) is 1.71. The van der Waals surface area contributed by atoms with Gasteiger partial charge in [0.05, 0.1) is 13.5 Å². The largest absolute Gasteiger partial charge is 0.496 e. The molecule has 0 aliphatic heterocycles. The van der Waals surface area contributed by atoms with Crippen molar-refractivity contribution in [2.75, 3.05) is 13.7 Å². The Balaban J connectivity index is 1.66. The predicted octanol–water partition coefficient (Wildman–Crippen LogP) is 3.48. The van der Waals surface area contributed by atoms with Gasteiger partial charge in [-0.2, -0.15) is 0 Å². The lowest BCUT2D eigenvalue weighted by molar-refractivity contribution is -0.120. The van der Waals surface area contributed by atoms with E-state index < -0.39 is 0 Å². The highest BCUT2D eigenvalue weighted by Gasteiger charge is 2.40. The summed E-state index contributed by atoms with van der Waals surface area (Å²) in [4.78, 5) is 12.2. The summed E-state index contributed by atoms with van der Waals surface area (Å²) < 4.78 is 5.52. The van der Waals surface area contributed by atoms with E-state index in [2.05, 4.69) is 11.4 Å². The van der Waals surface area contributed by atoms with Gasteiger partial charge in [-0.25, -0.2) is 0 Å². The van der Waals surface area contributed by atoms with Gasteiger partial charge in [-0.05, 0) is 24.5 Å². The first-order chi connectivity index (χ1) is 11.2. The van der Waals surface area contributed by atoms with Gasteiger partial charge in [-0.3, -0.25) is 4.79 Å². The van der Waals surface area contributed by atoms with Crippen LogP contribution >= 0.6 is 0 Å². The van der Waals surface area contributed by atoms with Crippen LogP contribution in [-0.2, 0) is 16.6 Å². The van der Waals surface area contributed by atoms with E-state index in [1.165, 1.54) is 12.0 Å². The number of benzene rings is 2. The molecule has 1 fully saturated rings. The third-order valence-electron chi connectivity index (χ3n) is 4.82. The second kappa shape index (κ2) is 6.86. The molecule has 0 atom stereocenters. The number of hydrogen-bond donors (Lipinski definition) is 1. The molecule has 3 nitrogen and oxygen atoms in total. The van der Waals surface area contributed by atoms with E-state index in [9.17, 15) is 4.79 Å². The number of hydrogen-bond acceptors (Lipinski definition) is 2. The Bertz CT molecular complexity index is 662. The molecule has 0 bridgehead atoms. The molecule has 1 saturated carbocycles. The van der Waals surface area contributed by atoms with Crippen LogP contribution in [-0.4, -0.2) is 19.6 Å². The maximum atomic E-state index is 12.2. The maximum absolute atomic E-state index is 12.2. The van der Waals surface area contributed by atoms with E-state index in [-0.39, 0.29) is 11.3 Å². The number of carbonyl (C=O) groups is 1. The molecule has 0 spiro atoms. The van der Waals surface area contributed by atoms with Gasteiger partial charge >= 0.3 is 0 Å². The lowest BCUT2D eigenvalue weighted by Crippen LogP contribution is -2.46. The number of para-hydroxylation sites is 1. The summed E-state index contributed by atoms with van der Waals surface area (Å²) >= 11 is 0. The molecule has 1 N–H and O–H groups in total. The Morgan fingerprint density at radius 3 is 2.43 bits per heavy atom. The summed E-state index contributed by atoms with van der Waals surface area (Å²) in [6.07, 6.45) is 3.83. The summed E-state index contributed by atoms with van der Waals surface area (Å²) in [5.41, 5.74) is 2.29. The maximum Gasteiger partial charge on any atom is 0.224 e. The van der Waals surface area contributed by atoms with Crippen molar-refractivity contribution in [1.82, 2.24) is 5.32 Å². The molecule has 0 heterocycles. The lowest BCUT2D eigenvalue weighted by atomic mass is 9.64. The first-order valence-electron chi connectivity index (χ1n) is 8.18. The van der Waals surface area contributed by atoms with Crippen molar-refractivity contribution in [2.45, 2.75) is 31.1 Å². The number of methoxy groups -OCH3 is 1. The quantitative estimate of drug-likeness (QED) is 0.887. The van der Waals surface area contributed by atoms with E-state index in [0.717, 1.165) is 24.2 Å². The van der Waals surface area contributed by atoms with Gasteiger partial charge in [0.15, 0.2) is 0 Å². The standard InChI is InChI=1S/C20H23NO2/c1-23-18-11-6-5-10-17(18)20(12-7-13-20)15-21-19(22)14-16-8-3-2-4-9-16/h2-6,8-11H,7,12-15H2,1H3,(H,21,22). The predicted molar refractivity (Wildman–Crippen MR) is 91.7 cm³/mol. The fraction of sp³-hybridized carbons (Fsp3) is 0.350. The molecule has 1 aliphatic carbocycles. The highest BCUT2D eigenvalue weighted by atomic mass is 16.5. The second-order valence-electron chi connectivity index (χ2n) is 6.27. The SMILES string of the molecule is COc1ccccc1C1(CNC(=O)Cc2ccccc2)CCC1. The minimum Gasteiger partial charge on any atom is -0.496 e. The summed E-state index contributed by atoms with van der Waals surface area (Å²) in [6.45, 7) is 0.680. The first-order valence-corrected chi connectivity index (χ1v) is 8.18. The Labute approximate surface area is 137 Å². The van der Waals surface area contributed by atoms with Crippen molar-refractivity contribution in [3.8, 4) is 5.75 Å². The monoisotopic (exact) mass is 309 g/mol. The van der Waals surface area contributed by atoms with Gasteiger partial charge in [0.25, 0.3) is 0 Å². The van der Waals surface area contributed by atoms with E-state index >= 15 is 0 Å². The molecule has 120 valence electrons. The number of amides is 1. The first kappa shape index (κ1) is 15.6. The highest BCUT2D eigenvalue weighted by Crippen LogP contribution is 2.46. The molecule has 0 radical (unpaired) electrons. The molecule has 3 heteroatoms. The molecule has 1 aliphatic rings. The van der Waals surface area contributed by atoms with Gasteiger partial charge in [0.2, 0.25) is 5.91 Å². The molecule has 2 aromatic carbocycles. The second-order valence-corrected chi connectivity index (χ2v) is 6.27. The zero-order chi connectivity index (χ0) is 16.1. The zero-order valence-corrected chi connectivity index (χ0v) is 13.5. The van der Waals surface area contributed by atoms with E-state index in [1.807, 2.05) is 48.5 Å². The summed E-state index contributed by atoms with van der Waals surface area (Å²) in [5, 5.41) is 3.13. The Morgan fingerprint density at radius 1 is 1.09 bits per heavy atom. The average molecular weight is 309 g/mol. The van der Waals surface area contributed by atoms with Gasteiger partial charge in [-0.1, -0.05) is 55.0 Å². The molecular formula is C20H23NO2. The van der Waals surface area contributed by atoms with Crippen LogP contribution in [0, 0.1) is 0 Å². The Kier molecular flexibility index (Phi) is 4.65. The molecule has 1 amide bonds. The van der Waals surface area contributed by atoms with Crippen LogP contribution in [0.25, 0.3) is 0 Å². The van der Waals surface area contributed by atoms with Crippen molar-refractivity contribution in [3.05, 3.63) is 65.7 Å². The normalized spacial score (nSPS) is 15.5. The van der Waals surface area contributed by atoms with Crippen LogP contribution in [0.1, 0.15) is 30.4 Å². The van der Waals surface area contributed by atoms with Crippen LogP contribution < -0.4 is 10.1 Å². The number of rotatable bonds is 6. The van der Waals surface area contributed by atoms with E-state index in [1.54, 1.807) is 7.11 Å². The molecule has 0 aromatic heterocycles. The van der Waals surface area contributed by atoms with Gasteiger partial charge in [-0.15, -0.1) is 0 Å². The number of nitrogens with one attached hydrogen (secondary N) is 1. The van der Waals surface area contributed by atoms with Crippen LogP contribution in [0.3, 0.4) is 0 Å². The third kappa shape index (κ3) is 3.39. The van der Waals surface area contributed by atoms with E-state index in [4.69, 9.17) is 4.74 Å². The molecule has 0 unspecified atom stereocenters. The molecule has 3 rings (SSSR count). The minimum absolute atomic E-state index is 0.0267. The number of carbonyl (C=O) groups excluding carboxylic acids is 1. The number of ether oxygens (including phenoxy) is 1. The molecular weight excluding hydrogens is 286 g/mol. The topological polar surface area (TPSA) is 38.3 Å². The van der Waals surface area contributed by atoms with Crippen LogP contribution in [0.15, 0.2) is 54.6 Å². The molecule has 2 aromatic rings. The van der Waals surface area contributed by atoms with E-state index in [0.29, 0.717) is 13.0 Å². The fourth-order valence-electron chi connectivity index (χ4n) is 3.34. The third-order valence-corrected chi connectivity index (χ3v) is 4.82. The van der Waals surface area contributed by atoms with Crippen molar-refractivity contribution >= 4 is 5.91 Å². The van der Waals surface area contributed by atoms with Crippen molar-refractivity contribution in [2.24, 2.45) is 0 Å². The Hall–Kier alpha value is -2.29. The highest BCUT2D eigenvalue weighted by molar-refractivity contribution is 5.78. The summed E-state index contributed by atoms with van der Waals surface area (Å²) in [6, 6.07) is 18.0. The van der Waals surface area contributed by atoms with Crippen molar-refractivity contribution in [1.29, 1.82) is 0 Å².